The van der Waals surface area contributed by atoms with E-state index in [2.05, 4.69) is 15.5 Å². The molecule has 0 saturated carbocycles. The molecule has 9 heteroatoms. The third-order valence-electron chi connectivity index (χ3n) is 4.89. The van der Waals surface area contributed by atoms with Crippen LogP contribution in [0.1, 0.15) is 11.4 Å². The first-order valence-electron chi connectivity index (χ1n) is 10.5. The Balaban J connectivity index is 1.42. The Kier molecular flexibility index (Phi) is 7.77. The van der Waals surface area contributed by atoms with Crippen molar-refractivity contribution in [3.8, 4) is 17.2 Å². The van der Waals surface area contributed by atoms with Crippen LogP contribution in [0.25, 0.3) is 5.69 Å². The normalized spacial score (nSPS) is 10.6. The van der Waals surface area contributed by atoms with E-state index in [1.165, 1.54) is 17.8 Å². The summed E-state index contributed by atoms with van der Waals surface area (Å²) < 4.78 is 26.5. The molecule has 34 heavy (non-hydrogen) atoms. The lowest BCUT2D eigenvalue weighted by atomic mass is 10.2. The smallest absolute Gasteiger partial charge is 0.230 e. The predicted octanol–water partition coefficient (Wildman–Crippen LogP) is 4.40. The van der Waals surface area contributed by atoms with Crippen molar-refractivity contribution in [1.82, 2.24) is 20.1 Å². The quantitative estimate of drug-likeness (QED) is 0.341. The zero-order chi connectivity index (χ0) is 23.8. The Morgan fingerprint density at radius 1 is 1.00 bits per heavy atom. The molecule has 7 nitrogen and oxygen atoms in total. The van der Waals surface area contributed by atoms with Crippen LogP contribution in [0.4, 0.5) is 4.39 Å². The van der Waals surface area contributed by atoms with Crippen LogP contribution in [-0.2, 0) is 17.9 Å². The summed E-state index contributed by atoms with van der Waals surface area (Å²) in [6.07, 6.45) is 0. The summed E-state index contributed by atoms with van der Waals surface area (Å²) in [5.41, 5.74) is 1.79. The van der Waals surface area contributed by atoms with E-state index >= 15 is 0 Å². The van der Waals surface area contributed by atoms with E-state index in [1.807, 2.05) is 59.2 Å². The van der Waals surface area contributed by atoms with Gasteiger partial charge >= 0.3 is 0 Å². The molecule has 3 aromatic carbocycles. The lowest BCUT2D eigenvalue weighted by Gasteiger charge is -2.11. The second-order valence-corrected chi connectivity index (χ2v) is 8.14. The summed E-state index contributed by atoms with van der Waals surface area (Å²) in [7, 11) is 1.61. The molecule has 0 saturated heterocycles. The molecular formula is C25H23FN4O3S. The van der Waals surface area contributed by atoms with Crippen LogP contribution in [0.5, 0.6) is 11.5 Å². The third kappa shape index (κ3) is 5.93. The van der Waals surface area contributed by atoms with Gasteiger partial charge < -0.3 is 14.8 Å². The lowest BCUT2D eigenvalue weighted by molar-refractivity contribution is -0.118. The van der Waals surface area contributed by atoms with Gasteiger partial charge in [-0.2, -0.15) is 0 Å². The van der Waals surface area contributed by atoms with Crippen molar-refractivity contribution in [2.24, 2.45) is 0 Å². The van der Waals surface area contributed by atoms with Gasteiger partial charge in [0.15, 0.2) is 22.5 Å². The molecule has 1 N–H and O–H groups in total. The minimum atomic E-state index is -0.448. The fourth-order valence-electron chi connectivity index (χ4n) is 3.15. The number of methoxy groups -OCH3 is 1. The van der Waals surface area contributed by atoms with Crippen LogP contribution in [0.3, 0.4) is 0 Å². The van der Waals surface area contributed by atoms with E-state index in [1.54, 1.807) is 25.3 Å². The molecule has 0 unspecified atom stereocenters. The number of benzene rings is 3. The molecule has 0 spiro atoms. The molecule has 0 bridgehead atoms. The van der Waals surface area contributed by atoms with E-state index in [-0.39, 0.29) is 24.0 Å². The number of hydrogen-bond acceptors (Lipinski definition) is 6. The van der Waals surface area contributed by atoms with Crippen LogP contribution in [0, 0.1) is 5.82 Å². The average Bonchev–Trinajstić information content (AvgIpc) is 3.29. The van der Waals surface area contributed by atoms with Crippen LogP contribution >= 0.6 is 11.8 Å². The van der Waals surface area contributed by atoms with E-state index in [0.717, 1.165) is 17.0 Å². The van der Waals surface area contributed by atoms with Crippen molar-refractivity contribution in [2.75, 3.05) is 12.9 Å². The zero-order valence-corrected chi connectivity index (χ0v) is 19.3. The molecule has 0 fully saturated rings. The number of nitrogens with zero attached hydrogens (tertiary/aromatic N) is 3. The highest BCUT2D eigenvalue weighted by atomic mass is 32.2. The topological polar surface area (TPSA) is 78.3 Å². The van der Waals surface area contributed by atoms with Gasteiger partial charge in [-0.05, 0) is 42.0 Å². The first-order chi connectivity index (χ1) is 16.6. The van der Waals surface area contributed by atoms with Crippen molar-refractivity contribution in [1.29, 1.82) is 0 Å². The van der Waals surface area contributed by atoms with Gasteiger partial charge in [-0.15, -0.1) is 10.2 Å². The van der Waals surface area contributed by atoms with Crippen LogP contribution in [0.2, 0.25) is 0 Å². The maximum atomic E-state index is 13.9. The largest absolute Gasteiger partial charge is 0.497 e. The van der Waals surface area contributed by atoms with Crippen molar-refractivity contribution in [2.45, 2.75) is 18.3 Å². The first-order valence-corrected chi connectivity index (χ1v) is 11.5. The molecule has 174 valence electrons. The second kappa shape index (κ2) is 11.3. The van der Waals surface area contributed by atoms with Crippen LogP contribution < -0.4 is 14.8 Å². The number of para-hydroxylation sites is 2. The number of amides is 1. The average molecular weight is 479 g/mol. The number of aromatic nitrogens is 3. The van der Waals surface area contributed by atoms with Gasteiger partial charge in [-0.25, -0.2) is 4.39 Å². The molecule has 1 amide bonds. The Labute approximate surface area is 200 Å². The predicted molar refractivity (Wildman–Crippen MR) is 128 cm³/mol. The standard InChI is InChI=1S/C25H23FN4O3S/c1-32-20-13-11-18(12-14-20)15-27-24(31)17-34-25-29-28-23(30(25)19-7-3-2-4-8-19)16-33-22-10-6-5-9-21(22)26/h2-14H,15-17H2,1H3,(H,27,31). The summed E-state index contributed by atoms with van der Waals surface area (Å²) >= 11 is 1.26. The highest BCUT2D eigenvalue weighted by Gasteiger charge is 2.17. The number of ether oxygens (including phenoxy) is 2. The molecule has 0 atom stereocenters. The van der Waals surface area contributed by atoms with E-state index in [9.17, 15) is 9.18 Å². The fraction of sp³-hybridized carbons (Fsp3) is 0.160. The van der Waals surface area contributed by atoms with E-state index < -0.39 is 5.82 Å². The maximum absolute atomic E-state index is 13.9. The second-order valence-electron chi connectivity index (χ2n) is 7.20. The number of nitrogens with one attached hydrogen (secondary N) is 1. The molecule has 1 heterocycles. The Morgan fingerprint density at radius 3 is 2.47 bits per heavy atom. The van der Waals surface area contributed by atoms with Gasteiger partial charge in [0, 0.05) is 12.2 Å². The first kappa shape index (κ1) is 23.3. The number of carbonyl (C=O) groups excluding carboxylic acids is 1. The zero-order valence-electron chi connectivity index (χ0n) is 18.5. The molecule has 4 rings (SSSR count). The van der Waals surface area contributed by atoms with Crippen molar-refractivity contribution in [3.05, 3.63) is 96.1 Å². The fourth-order valence-corrected chi connectivity index (χ4v) is 3.95. The van der Waals surface area contributed by atoms with E-state index in [0.29, 0.717) is 17.5 Å². The van der Waals surface area contributed by atoms with Crippen molar-refractivity contribution in [3.63, 3.8) is 0 Å². The van der Waals surface area contributed by atoms with Crippen molar-refractivity contribution < 1.29 is 18.7 Å². The van der Waals surface area contributed by atoms with Gasteiger partial charge in [0.1, 0.15) is 12.4 Å². The number of rotatable bonds is 10. The molecule has 0 radical (unpaired) electrons. The summed E-state index contributed by atoms with van der Waals surface area (Å²) in [6.45, 7) is 0.434. The van der Waals surface area contributed by atoms with Gasteiger partial charge in [0.25, 0.3) is 0 Å². The van der Waals surface area contributed by atoms with Gasteiger partial charge in [-0.1, -0.05) is 54.2 Å². The highest BCUT2D eigenvalue weighted by Crippen LogP contribution is 2.24. The molecule has 1 aromatic heterocycles. The molecule has 4 aromatic rings. The van der Waals surface area contributed by atoms with Gasteiger partial charge in [-0.3, -0.25) is 9.36 Å². The van der Waals surface area contributed by atoms with Gasteiger partial charge in [0.05, 0.1) is 12.9 Å². The summed E-state index contributed by atoms with van der Waals surface area (Å²) in [6, 6.07) is 23.2. The molecule has 0 aliphatic carbocycles. The Morgan fingerprint density at radius 2 is 1.74 bits per heavy atom. The summed E-state index contributed by atoms with van der Waals surface area (Å²) in [4.78, 5) is 12.4. The highest BCUT2D eigenvalue weighted by molar-refractivity contribution is 7.99. The molecule has 0 aliphatic heterocycles. The Bertz CT molecular complexity index is 1230. The third-order valence-corrected chi connectivity index (χ3v) is 5.82. The lowest BCUT2D eigenvalue weighted by Crippen LogP contribution is -2.24. The maximum Gasteiger partial charge on any atom is 0.230 e. The number of halogens is 1. The van der Waals surface area contributed by atoms with Crippen LogP contribution in [0.15, 0.2) is 84.0 Å². The molecular weight excluding hydrogens is 455 g/mol. The Hall–Kier alpha value is -3.85. The molecule has 0 aliphatic rings. The number of thioether (sulfide) groups is 1. The summed E-state index contributed by atoms with van der Waals surface area (Å²) in [5, 5.41) is 11.9. The van der Waals surface area contributed by atoms with E-state index in [4.69, 9.17) is 9.47 Å². The minimum Gasteiger partial charge on any atom is -0.497 e. The number of carbonyl (C=O) groups is 1. The number of hydrogen-bond donors (Lipinski definition) is 1. The van der Waals surface area contributed by atoms with Crippen molar-refractivity contribution >= 4 is 17.7 Å². The minimum absolute atomic E-state index is 0.0209. The summed E-state index contributed by atoms with van der Waals surface area (Å²) in [5.74, 6) is 0.979. The van der Waals surface area contributed by atoms with Gasteiger partial charge in [0.2, 0.25) is 5.91 Å². The monoisotopic (exact) mass is 478 g/mol. The SMILES string of the molecule is COc1ccc(CNC(=O)CSc2nnc(COc3ccccc3F)n2-c2ccccc2)cc1. The van der Waals surface area contributed by atoms with Crippen LogP contribution in [-0.4, -0.2) is 33.5 Å².